The lowest BCUT2D eigenvalue weighted by Crippen LogP contribution is -2.43. The Labute approximate surface area is 391 Å². The number of benzene rings is 10. The summed E-state index contributed by atoms with van der Waals surface area (Å²) in [5.41, 5.74) is 17.3. The molecule has 0 fully saturated rings. The van der Waals surface area contributed by atoms with Crippen molar-refractivity contribution in [3.63, 3.8) is 0 Å². The van der Waals surface area contributed by atoms with E-state index in [1.165, 1.54) is 92.3 Å². The van der Waals surface area contributed by atoms with Crippen LogP contribution in [0, 0.1) is 0 Å². The Morgan fingerprint density at radius 2 is 0.806 bits per heavy atom. The first-order chi connectivity index (χ1) is 33.2. The molecule has 0 atom stereocenters. The van der Waals surface area contributed by atoms with E-state index in [0.717, 1.165) is 22.1 Å². The molecular formula is C63H37N3S. The summed E-state index contributed by atoms with van der Waals surface area (Å²) in [6, 6.07) is 82.9. The molecule has 12 aromatic rings. The van der Waals surface area contributed by atoms with Crippen molar-refractivity contribution in [2.24, 2.45) is 0 Å². The van der Waals surface area contributed by atoms with Crippen molar-refractivity contribution in [2.75, 3.05) is 0 Å². The number of aromatic nitrogens is 3. The first kappa shape index (κ1) is 37.0. The number of thiophene rings is 1. The summed E-state index contributed by atoms with van der Waals surface area (Å²) < 4.78 is 2.59. The fourth-order valence-electron chi connectivity index (χ4n) is 12.4. The van der Waals surface area contributed by atoms with Crippen molar-refractivity contribution in [1.82, 2.24) is 15.0 Å². The fraction of sp³-hybridized carbons (Fsp3) is 0.0317. The Hall–Kier alpha value is -8.31. The van der Waals surface area contributed by atoms with Gasteiger partial charge in [-0.1, -0.05) is 200 Å². The van der Waals surface area contributed by atoms with Crippen LogP contribution < -0.4 is 0 Å². The zero-order valence-corrected chi connectivity index (χ0v) is 36.9. The van der Waals surface area contributed by atoms with E-state index < -0.39 is 10.8 Å². The van der Waals surface area contributed by atoms with Crippen LogP contribution in [0.5, 0.6) is 0 Å². The van der Waals surface area contributed by atoms with Crippen LogP contribution in [0.15, 0.2) is 224 Å². The van der Waals surface area contributed by atoms with E-state index in [4.69, 9.17) is 15.0 Å². The molecule has 3 nitrogen and oxygen atoms in total. The zero-order valence-electron chi connectivity index (χ0n) is 36.1. The normalized spacial score (nSPS) is 14.2. The summed E-state index contributed by atoms with van der Waals surface area (Å²) >= 11 is 1.89. The Balaban J connectivity index is 1.05. The monoisotopic (exact) mass is 867 g/mol. The molecule has 2 aromatic heterocycles. The van der Waals surface area contributed by atoms with E-state index in [-0.39, 0.29) is 0 Å². The van der Waals surface area contributed by atoms with Crippen LogP contribution in [0.2, 0.25) is 0 Å². The lowest BCUT2D eigenvalue weighted by Gasteiger charge is -2.49. The van der Waals surface area contributed by atoms with Crippen LogP contribution in [0.3, 0.4) is 0 Å². The molecule has 3 aliphatic carbocycles. The van der Waals surface area contributed by atoms with Crippen LogP contribution in [-0.4, -0.2) is 15.0 Å². The Morgan fingerprint density at radius 3 is 1.49 bits per heavy atom. The smallest absolute Gasteiger partial charge is 0.164 e. The first-order valence-electron chi connectivity index (χ1n) is 23.0. The maximum absolute atomic E-state index is 5.32. The third kappa shape index (κ3) is 4.82. The van der Waals surface area contributed by atoms with Crippen molar-refractivity contribution in [1.29, 1.82) is 0 Å². The minimum absolute atomic E-state index is 0.517. The van der Waals surface area contributed by atoms with Gasteiger partial charge in [-0.15, -0.1) is 11.3 Å². The van der Waals surface area contributed by atoms with Crippen LogP contribution >= 0.6 is 11.3 Å². The third-order valence-corrected chi connectivity index (χ3v) is 16.1. The highest BCUT2D eigenvalue weighted by Crippen LogP contribution is 2.68. The first-order valence-corrected chi connectivity index (χ1v) is 23.8. The SMILES string of the molecule is c1ccc(-c2nc(-c3ccc4c(c3)-c3ccc5sc6ccccc6c5c3C43c4ccccc4C4(c5ccccc5-c5ccccc54)c4ccccc43)nc(-c3ccc4ccccc4c3)n2)cc1. The summed E-state index contributed by atoms with van der Waals surface area (Å²) in [6.07, 6.45) is 0. The summed E-state index contributed by atoms with van der Waals surface area (Å²) in [4.78, 5) is 15.7. The zero-order chi connectivity index (χ0) is 43.8. The molecule has 4 heteroatoms. The highest BCUT2D eigenvalue weighted by molar-refractivity contribution is 7.25. The van der Waals surface area contributed by atoms with Gasteiger partial charge in [-0.3, -0.25) is 0 Å². The topological polar surface area (TPSA) is 38.7 Å². The molecule has 0 bridgehead atoms. The van der Waals surface area contributed by atoms with Crippen molar-refractivity contribution in [3.8, 4) is 56.4 Å². The summed E-state index contributed by atoms with van der Waals surface area (Å²) in [5.74, 6) is 1.94. The molecule has 0 aliphatic heterocycles. The summed E-state index contributed by atoms with van der Waals surface area (Å²) in [5, 5.41) is 4.95. The quantitative estimate of drug-likeness (QED) is 0.178. The van der Waals surface area contributed by atoms with E-state index in [1.807, 2.05) is 29.5 Å². The van der Waals surface area contributed by atoms with Gasteiger partial charge in [-0.25, -0.2) is 15.0 Å². The molecule has 0 saturated heterocycles. The molecular weight excluding hydrogens is 831 g/mol. The molecule has 2 heterocycles. The van der Waals surface area contributed by atoms with Gasteiger partial charge in [-0.2, -0.15) is 0 Å². The highest BCUT2D eigenvalue weighted by atomic mass is 32.1. The van der Waals surface area contributed by atoms with Crippen LogP contribution in [0.25, 0.3) is 87.4 Å². The van der Waals surface area contributed by atoms with Gasteiger partial charge in [-0.05, 0) is 102 Å². The predicted molar refractivity (Wildman–Crippen MR) is 275 cm³/mol. The molecule has 2 spiro atoms. The largest absolute Gasteiger partial charge is 0.208 e. The molecule has 3 aliphatic rings. The van der Waals surface area contributed by atoms with Crippen LogP contribution in [0.1, 0.15) is 44.5 Å². The van der Waals surface area contributed by atoms with Gasteiger partial charge in [0.2, 0.25) is 0 Å². The lowest BCUT2D eigenvalue weighted by molar-refractivity contribution is 0.635. The number of hydrogen-bond acceptors (Lipinski definition) is 4. The molecule has 0 amide bonds. The average Bonchev–Trinajstić information content (AvgIpc) is 4.03. The number of fused-ring (bicyclic) bond motifs is 21. The van der Waals surface area contributed by atoms with Gasteiger partial charge in [0, 0.05) is 36.9 Å². The van der Waals surface area contributed by atoms with Crippen LogP contribution in [-0.2, 0) is 10.8 Å². The lowest BCUT2D eigenvalue weighted by atomic mass is 9.52. The minimum Gasteiger partial charge on any atom is -0.208 e. The van der Waals surface area contributed by atoms with E-state index in [1.54, 1.807) is 0 Å². The van der Waals surface area contributed by atoms with E-state index in [2.05, 4.69) is 206 Å². The van der Waals surface area contributed by atoms with Crippen molar-refractivity contribution in [3.05, 3.63) is 269 Å². The Morgan fingerprint density at radius 1 is 0.299 bits per heavy atom. The molecule has 0 radical (unpaired) electrons. The van der Waals surface area contributed by atoms with Gasteiger partial charge < -0.3 is 0 Å². The molecule has 67 heavy (non-hydrogen) atoms. The number of nitrogens with zero attached hydrogens (tertiary/aromatic N) is 3. The predicted octanol–water partition coefficient (Wildman–Crippen LogP) is 15.4. The minimum atomic E-state index is -0.651. The second kappa shape index (κ2) is 13.6. The molecule has 0 unspecified atom stereocenters. The summed E-state index contributed by atoms with van der Waals surface area (Å²) in [6.45, 7) is 0. The maximum Gasteiger partial charge on any atom is 0.164 e. The van der Waals surface area contributed by atoms with Crippen molar-refractivity contribution < 1.29 is 0 Å². The molecule has 15 rings (SSSR count). The molecule has 0 saturated carbocycles. The van der Waals surface area contributed by atoms with Crippen molar-refractivity contribution >= 4 is 42.3 Å². The second-order valence-electron chi connectivity index (χ2n) is 18.1. The van der Waals surface area contributed by atoms with Crippen molar-refractivity contribution in [2.45, 2.75) is 10.8 Å². The van der Waals surface area contributed by atoms with Crippen LogP contribution in [0.4, 0.5) is 0 Å². The van der Waals surface area contributed by atoms with E-state index >= 15 is 0 Å². The Kier molecular flexibility index (Phi) is 7.51. The second-order valence-corrected chi connectivity index (χ2v) is 19.2. The van der Waals surface area contributed by atoms with E-state index in [0.29, 0.717) is 17.5 Å². The maximum atomic E-state index is 5.32. The van der Waals surface area contributed by atoms with Gasteiger partial charge in [0.25, 0.3) is 0 Å². The summed E-state index contributed by atoms with van der Waals surface area (Å²) in [7, 11) is 0. The standard InChI is InChI=1S/C63H37N3S/c1-2-17-39(18-3-1)59-64-60(41-31-30-38-16-4-5-19-40(38)36-41)66-61(65-59)42-32-34-50-47(37-42)45-33-35-56-57(46-22-8-15-29-55(46)67-56)58(45)63(50)53-27-13-11-25-51(53)62(52-26-12-14-28-54(52)63)48-23-9-6-20-43(48)44-21-7-10-24-49(44)62/h1-37H. The molecule has 310 valence electrons. The van der Waals surface area contributed by atoms with Gasteiger partial charge >= 0.3 is 0 Å². The highest BCUT2D eigenvalue weighted by Gasteiger charge is 2.59. The van der Waals surface area contributed by atoms with E-state index in [9.17, 15) is 0 Å². The number of hydrogen-bond donors (Lipinski definition) is 0. The van der Waals surface area contributed by atoms with Gasteiger partial charge in [0.15, 0.2) is 17.5 Å². The average molecular weight is 868 g/mol. The van der Waals surface area contributed by atoms with Gasteiger partial charge in [0.05, 0.1) is 10.8 Å². The Bertz CT molecular complexity index is 3980. The number of rotatable bonds is 3. The van der Waals surface area contributed by atoms with Gasteiger partial charge in [0.1, 0.15) is 0 Å². The third-order valence-electron chi connectivity index (χ3n) is 15.0. The molecule has 10 aromatic carbocycles. The fourth-order valence-corrected chi connectivity index (χ4v) is 13.5. The molecule has 0 N–H and O–H groups in total.